The number of amides is 1. The smallest absolute Gasteiger partial charge is 0.224 e. The molecule has 0 unspecified atom stereocenters. The number of ketones is 2. The molecular weight excluding hydrogens is 313 g/mol. The molecule has 114 valence electrons. The third-order valence-corrected chi connectivity index (χ3v) is 3.68. The van der Waals surface area contributed by atoms with Crippen LogP contribution in [0, 0.1) is 5.92 Å². The molecule has 1 N–H and O–H groups in total. The summed E-state index contributed by atoms with van der Waals surface area (Å²) in [6.45, 7) is 3.28. The third kappa shape index (κ3) is 5.48. The van der Waals surface area contributed by atoms with E-state index >= 15 is 0 Å². The van der Waals surface area contributed by atoms with Crippen molar-refractivity contribution in [2.24, 2.45) is 5.92 Å². The molecule has 4 nitrogen and oxygen atoms in total. The maximum Gasteiger partial charge on any atom is 0.224 e. The highest BCUT2D eigenvalue weighted by Gasteiger charge is 2.20. The number of halogens is 2. The van der Waals surface area contributed by atoms with E-state index in [1.807, 2.05) is 0 Å². The minimum atomic E-state index is -0.655. The molecule has 0 saturated carbocycles. The van der Waals surface area contributed by atoms with Gasteiger partial charge < -0.3 is 5.32 Å². The summed E-state index contributed by atoms with van der Waals surface area (Å²) >= 11 is 11.7. The maximum absolute atomic E-state index is 11.8. The highest BCUT2D eigenvalue weighted by Crippen LogP contribution is 2.25. The summed E-state index contributed by atoms with van der Waals surface area (Å²) in [4.78, 5) is 35.0. The van der Waals surface area contributed by atoms with E-state index in [1.165, 1.54) is 6.07 Å². The van der Waals surface area contributed by atoms with E-state index in [0.717, 1.165) is 0 Å². The maximum atomic E-state index is 11.8. The summed E-state index contributed by atoms with van der Waals surface area (Å²) < 4.78 is 0. The molecule has 0 aliphatic heterocycles. The zero-order valence-electron chi connectivity index (χ0n) is 11.9. The minimum absolute atomic E-state index is 0.00299. The van der Waals surface area contributed by atoms with Crippen molar-refractivity contribution in [3.05, 3.63) is 28.2 Å². The predicted octanol–water partition coefficient (Wildman–Crippen LogP) is 3.90. The first-order valence-corrected chi connectivity index (χ1v) is 7.41. The van der Waals surface area contributed by atoms with Crippen LogP contribution in [-0.4, -0.2) is 17.5 Å². The lowest BCUT2D eigenvalue weighted by Crippen LogP contribution is -2.22. The molecule has 0 fully saturated rings. The number of nitrogens with one attached hydrogen (secondary N) is 1. The normalized spacial score (nSPS) is 11.8. The van der Waals surface area contributed by atoms with Gasteiger partial charge in [-0.15, -0.1) is 0 Å². The van der Waals surface area contributed by atoms with E-state index in [9.17, 15) is 14.4 Å². The summed E-state index contributed by atoms with van der Waals surface area (Å²) in [6.07, 6.45) is 0.344. The molecule has 0 aliphatic carbocycles. The van der Waals surface area contributed by atoms with Crippen LogP contribution in [0.25, 0.3) is 0 Å². The average molecular weight is 330 g/mol. The Morgan fingerprint density at radius 1 is 1.14 bits per heavy atom. The second kappa shape index (κ2) is 8.15. The first-order chi connectivity index (χ1) is 9.85. The van der Waals surface area contributed by atoms with Gasteiger partial charge in [-0.3, -0.25) is 14.4 Å². The van der Waals surface area contributed by atoms with Crippen molar-refractivity contribution in [2.75, 3.05) is 5.32 Å². The van der Waals surface area contributed by atoms with Gasteiger partial charge in [0.25, 0.3) is 0 Å². The number of anilines is 1. The van der Waals surface area contributed by atoms with Crippen molar-refractivity contribution >= 4 is 46.4 Å². The molecule has 0 aromatic heterocycles. The Balaban J connectivity index is 2.53. The highest BCUT2D eigenvalue weighted by atomic mass is 35.5. The number of carbonyl (C=O) groups excluding carboxylic acids is 3. The molecule has 6 heteroatoms. The van der Waals surface area contributed by atoms with Gasteiger partial charge in [0.2, 0.25) is 5.91 Å². The van der Waals surface area contributed by atoms with Crippen LogP contribution in [0.3, 0.4) is 0 Å². The van der Waals surface area contributed by atoms with Crippen molar-refractivity contribution in [3.63, 3.8) is 0 Å². The van der Waals surface area contributed by atoms with E-state index in [-0.39, 0.29) is 30.3 Å². The lowest BCUT2D eigenvalue weighted by atomic mass is 9.96. The Labute approximate surface area is 133 Å². The number of benzene rings is 1. The Morgan fingerprint density at radius 3 is 2.43 bits per heavy atom. The molecule has 0 saturated heterocycles. The minimum Gasteiger partial charge on any atom is -0.325 e. The van der Waals surface area contributed by atoms with E-state index in [1.54, 1.807) is 26.0 Å². The fourth-order valence-corrected chi connectivity index (χ4v) is 2.08. The molecular formula is C15H17Cl2NO3. The molecule has 1 rings (SSSR count). The van der Waals surface area contributed by atoms with Crippen molar-refractivity contribution in [2.45, 2.75) is 33.1 Å². The van der Waals surface area contributed by atoms with E-state index in [4.69, 9.17) is 23.2 Å². The molecule has 1 atom stereocenters. The first-order valence-electron chi connectivity index (χ1n) is 6.65. The van der Waals surface area contributed by atoms with Crippen LogP contribution in [-0.2, 0) is 14.4 Å². The summed E-state index contributed by atoms with van der Waals surface area (Å²) in [5.41, 5.74) is 0.402. The SMILES string of the molecule is CCC(=O)[C@H](C)C(=O)CCC(=O)Nc1cc(Cl)ccc1Cl. The van der Waals surface area contributed by atoms with Crippen molar-refractivity contribution in [3.8, 4) is 0 Å². The average Bonchev–Trinajstić information content (AvgIpc) is 2.46. The molecule has 1 amide bonds. The van der Waals surface area contributed by atoms with Gasteiger partial charge in [-0.2, -0.15) is 0 Å². The molecule has 21 heavy (non-hydrogen) atoms. The zero-order chi connectivity index (χ0) is 16.0. The van der Waals surface area contributed by atoms with Crippen LogP contribution >= 0.6 is 23.2 Å². The van der Waals surface area contributed by atoms with Crippen molar-refractivity contribution < 1.29 is 14.4 Å². The topological polar surface area (TPSA) is 63.2 Å². The van der Waals surface area contributed by atoms with Gasteiger partial charge in [0.05, 0.1) is 16.6 Å². The van der Waals surface area contributed by atoms with Crippen LogP contribution in [0.2, 0.25) is 10.0 Å². The lowest BCUT2D eigenvalue weighted by Gasteiger charge is -2.09. The summed E-state index contributed by atoms with van der Waals surface area (Å²) in [6, 6.07) is 4.72. The number of Topliss-reactive ketones (excluding diaryl/α,β-unsaturated/α-hetero) is 2. The summed E-state index contributed by atoms with van der Waals surface area (Å²) in [5, 5.41) is 3.42. The standard InChI is InChI=1S/C15H17Cl2NO3/c1-3-13(19)9(2)14(20)6-7-15(21)18-12-8-10(16)4-5-11(12)17/h4-5,8-9H,3,6-7H2,1-2H3,(H,18,21)/t9-/m0/s1. The molecule has 0 spiro atoms. The number of hydrogen-bond donors (Lipinski definition) is 1. The monoisotopic (exact) mass is 329 g/mol. The quantitative estimate of drug-likeness (QED) is 0.771. The second-order valence-corrected chi connectivity index (χ2v) is 5.52. The van der Waals surface area contributed by atoms with Crippen LogP contribution in [0.1, 0.15) is 33.1 Å². The fourth-order valence-electron chi connectivity index (χ4n) is 1.74. The van der Waals surface area contributed by atoms with Gasteiger partial charge in [0.15, 0.2) is 0 Å². The van der Waals surface area contributed by atoms with Crippen molar-refractivity contribution in [1.82, 2.24) is 0 Å². The number of rotatable bonds is 7. The largest absolute Gasteiger partial charge is 0.325 e. The van der Waals surface area contributed by atoms with E-state index in [0.29, 0.717) is 22.2 Å². The Bertz CT molecular complexity index is 558. The Hall–Kier alpha value is -1.39. The summed E-state index contributed by atoms with van der Waals surface area (Å²) in [5.74, 6) is -1.34. The zero-order valence-corrected chi connectivity index (χ0v) is 13.4. The molecule has 1 aromatic rings. The molecule has 0 aliphatic rings. The number of hydrogen-bond acceptors (Lipinski definition) is 3. The Morgan fingerprint density at radius 2 is 1.81 bits per heavy atom. The van der Waals surface area contributed by atoms with Gasteiger partial charge in [0, 0.05) is 24.3 Å². The van der Waals surface area contributed by atoms with E-state index in [2.05, 4.69) is 5.32 Å². The predicted molar refractivity (Wildman–Crippen MR) is 83.8 cm³/mol. The molecule has 1 aromatic carbocycles. The van der Waals surface area contributed by atoms with Crippen LogP contribution < -0.4 is 5.32 Å². The molecule has 0 bridgehead atoms. The molecule has 0 heterocycles. The summed E-state index contributed by atoms with van der Waals surface area (Å²) in [7, 11) is 0. The highest BCUT2D eigenvalue weighted by molar-refractivity contribution is 6.35. The van der Waals surface area contributed by atoms with Crippen LogP contribution in [0.4, 0.5) is 5.69 Å². The van der Waals surface area contributed by atoms with Gasteiger partial charge in [-0.25, -0.2) is 0 Å². The van der Waals surface area contributed by atoms with Crippen LogP contribution in [0.15, 0.2) is 18.2 Å². The van der Waals surface area contributed by atoms with Gasteiger partial charge in [-0.1, -0.05) is 30.1 Å². The number of carbonyl (C=O) groups is 3. The lowest BCUT2D eigenvalue weighted by molar-refractivity contribution is -0.133. The van der Waals surface area contributed by atoms with Gasteiger partial charge >= 0.3 is 0 Å². The fraction of sp³-hybridized carbons (Fsp3) is 0.400. The van der Waals surface area contributed by atoms with Gasteiger partial charge in [-0.05, 0) is 25.1 Å². The first kappa shape index (κ1) is 17.7. The third-order valence-electron chi connectivity index (χ3n) is 3.12. The van der Waals surface area contributed by atoms with Crippen LogP contribution in [0.5, 0.6) is 0 Å². The van der Waals surface area contributed by atoms with Crippen molar-refractivity contribution in [1.29, 1.82) is 0 Å². The Kier molecular flexibility index (Phi) is 6.85. The van der Waals surface area contributed by atoms with Gasteiger partial charge in [0.1, 0.15) is 11.6 Å². The second-order valence-electron chi connectivity index (χ2n) is 4.68. The van der Waals surface area contributed by atoms with E-state index < -0.39 is 5.92 Å². The molecule has 0 radical (unpaired) electrons.